The Kier molecular flexibility index (Phi) is 2.57. The summed E-state index contributed by atoms with van der Waals surface area (Å²) in [5.74, 6) is 0. The van der Waals surface area contributed by atoms with Crippen LogP contribution in [0.3, 0.4) is 0 Å². The highest BCUT2D eigenvalue weighted by atomic mass is 79.9. The van der Waals surface area contributed by atoms with Gasteiger partial charge >= 0.3 is 0 Å². The number of hydrogen-bond acceptors (Lipinski definition) is 0. The molecule has 0 aromatic heterocycles. The first kappa shape index (κ1) is 10.4. The average molecular weight is 269 g/mol. The SMILES string of the molecule is CC(C)(C)C1=C(c2ccccc2)[P@@]1Br. The van der Waals surface area contributed by atoms with Crippen molar-refractivity contribution in [3.63, 3.8) is 0 Å². The van der Waals surface area contributed by atoms with Gasteiger partial charge in [0.2, 0.25) is 0 Å². The summed E-state index contributed by atoms with van der Waals surface area (Å²) in [5.41, 5.74) is 1.71. The minimum atomic E-state index is -0.116. The van der Waals surface area contributed by atoms with Crippen molar-refractivity contribution < 1.29 is 0 Å². The number of benzene rings is 1. The second-order valence-electron chi connectivity index (χ2n) is 4.59. The molecular formula is C12H14BrP. The van der Waals surface area contributed by atoms with Crippen LogP contribution >= 0.6 is 22.1 Å². The largest absolute Gasteiger partial charge is 0.0622 e. The Balaban J connectivity index is 2.35. The van der Waals surface area contributed by atoms with Crippen LogP contribution in [0.4, 0.5) is 0 Å². The summed E-state index contributed by atoms with van der Waals surface area (Å²) in [4.78, 5) is 0. The van der Waals surface area contributed by atoms with E-state index in [1.807, 2.05) is 0 Å². The first-order valence-corrected chi connectivity index (χ1v) is 8.14. The Morgan fingerprint density at radius 1 is 1.07 bits per heavy atom. The molecule has 0 bridgehead atoms. The zero-order valence-electron chi connectivity index (χ0n) is 8.71. The predicted molar refractivity (Wildman–Crippen MR) is 68.7 cm³/mol. The molecule has 0 N–H and O–H groups in total. The van der Waals surface area contributed by atoms with Crippen LogP contribution in [0.15, 0.2) is 35.6 Å². The summed E-state index contributed by atoms with van der Waals surface area (Å²) in [6.45, 7) is 6.74. The molecule has 0 spiro atoms. The van der Waals surface area contributed by atoms with Gasteiger partial charge < -0.3 is 0 Å². The number of hydrogen-bond donors (Lipinski definition) is 0. The van der Waals surface area contributed by atoms with E-state index in [0.717, 1.165) is 0 Å². The molecule has 0 radical (unpaired) electrons. The lowest BCUT2D eigenvalue weighted by atomic mass is 9.95. The normalized spacial score (nSPS) is 21.3. The lowest BCUT2D eigenvalue weighted by Gasteiger charge is -2.13. The molecule has 0 saturated heterocycles. The first-order chi connectivity index (χ1) is 6.52. The monoisotopic (exact) mass is 268 g/mol. The molecule has 74 valence electrons. The van der Waals surface area contributed by atoms with Crippen LogP contribution in [0, 0.1) is 5.41 Å². The minimum absolute atomic E-state index is 0.116. The van der Waals surface area contributed by atoms with Crippen molar-refractivity contribution in [1.82, 2.24) is 0 Å². The zero-order chi connectivity index (χ0) is 10.3. The van der Waals surface area contributed by atoms with Crippen molar-refractivity contribution in [3.05, 3.63) is 41.2 Å². The van der Waals surface area contributed by atoms with E-state index in [1.54, 1.807) is 10.6 Å². The van der Waals surface area contributed by atoms with Gasteiger partial charge in [0, 0.05) is 11.9 Å². The van der Waals surface area contributed by atoms with Gasteiger partial charge in [0.25, 0.3) is 0 Å². The van der Waals surface area contributed by atoms with Crippen LogP contribution in [0.1, 0.15) is 26.3 Å². The molecule has 1 aliphatic rings. The van der Waals surface area contributed by atoms with E-state index >= 15 is 0 Å². The summed E-state index contributed by atoms with van der Waals surface area (Å²) in [7, 11) is 0. The van der Waals surface area contributed by atoms with Gasteiger partial charge in [-0.1, -0.05) is 66.6 Å². The van der Waals surface area contributed by atoms with Crippen LogP contribution in [0.25, 0.3) is 5.31 Å². The Hall–Kier alpha value is -0.130. The summed E-state index contributed by atoms with van der Waals surface area (Å²) in [6, 6.07) is 10.7. The van der Waals surface area contributed by atoms with Crippen molar-refractivity contribution >= 4 is 27.4 Å². The van der Waals surface area contributed by atoms with Crippen LogP contribution in [-0.2, 0) is 0 Å². The molecule has 1 aliphatic heterocycles. The first-order valence-electron chi connectivity index (χ1n) is 4.78. The highest BCUT2D eigenvalue weighted by molar-refractivity contribution is 9.41. The number of halogens is 1. The van der Waals surface area contributed by atoms with Crippen LogP contribution < -0.4 is 0 Å². The lowest BCUT2D eigenvalue weighted by Crippen LogP contribution is -2.00. The van der Waals surface area contributed by atoms with Gasteiger partial charge in [-0.15, -0.1) is 0 Å². The summed E-state index contributed by atoms with van der Waals surface area (Å²) < 4.78 is 0. The van der Waals surface area contributed by atoms with Gasteiger partial charge in [0.1, 0.15) is 0 Å². The Labute approximate surface area is 94.9 Å². The maximum Gasteiger partial charge on any atom is 0.0246 e. The molecule has 2 rings (SSSR count). The zero-order valence-corrected chi connectivity index (χ0v) is 11.2. The summed E-state index contributed by atoms with van der Waals surface area (Å²) >= 11 is 3.78. The minimum Gasteiger partial charge on any atom is -0.0622 e. The molecule has 0 unspecified atom stereocenters. The fraction of sp³-hybridized carbons (Fsp3) is 0.333. The van der Waals surface area contributed by atoms with Crippen molar-refractivity contribution in [3.8, 4) is 0 Å². The van der Waals surface area contributed by atoms with Crippen LogP contribution in [0.5, 0.6) is 0 Å². The van der Waals surface area contributed by atoms with Gasteiger partial charge in [0.05, 0.1) is 0 Å². The molecule has 1 atom stereocenters. The molecule has 0 aliphatic carbocycles. The molecule has 1 heterocycles. The molecule has 0 saturated carbocycles. The maximum absolute atomic E-state index is 3.78. The van der Waals surface area contributed by atoms with E-state index in [0.29, 0.717) is 5.41 Å². The molecule has 0 fully saturated rings. The van der Waals surface area contributed by atoms with Crippen molar-refractivity contribution in [2.75, 3.05) is 0 Å². The Bertz CT molecular complexity index is 373. The highest BCUT2D eigenvalue weighted by Crippen LogP contribution is 2.83. The second-order valence-corrected chi connectivity index (χ2v) is 8.18. The van der Waals surface area contributed by atoms with Gasteiger partial charge in [0.15, 0.2) is 0 Å². The standard InChI is InChI=1S/C12H14BrP/c1-12(2,3)11-10(14(11)13)9-7-5-4-6-8-9/h4-8H,1-3H3/t14-/m1/s1. The van der Waals surface area contributed by atoms with Gasteiger partial charge in [-0.3, -0.25) is 0 Å². The number of rotatable bonds is 1. The van der Waals surface area contributed by atoms with Crippen LogP contribution in [-0.4, -0.2) is 0 Å². The third-order valence-corrected chi connectivity index (χ3v) is 6.39. The quantitative estimate of drug-likeness (QED) is 0.614. The number of allylic oxidation sites excluding steroid dienone is 1. The fourth-order valence-electron chi connectivity index (χ4n) is 1.64. The maximum atomic E-state index is 3.78. The highest BCUT2D eigenvalue weighted by Gasteiger charge is 2.42. The third kappa shape index (κ3) is 1.81. The Morgan fingerprint density at radius 3 is 2.07 bits per heavy atom. The van der Waals surface area contributed by atoms with E-state index in [2.05, 4.69) is 66.6 Å². The average Bonchev–Trinajstić information content (AvgIpc) is 2.78. The van der Waals surface area contributed by atoms with E-state index in [-0.39, 0.29) is 6.62 Å². The molecule has 14 heavy (non-hydrogen) atoms. The van der Waals surface area contributed by atoms with E-state index < -0.39 is 0 Å². The summed E-state index contributed by atoms with van der Waals surface area (Å²) in [6.07, 6.45) is 0. The topological polar surface area (TPSA) is 0 Å². The molecule has 1 aromatic carbocycles. The smallest absolute Gasteiger partial charge is 0.0246 e. The Morgan fingerprint density at radius 2 is 1.64 bits per heavy atom. The van der Waals surface area contributed by atoms with Gasteiger partial charge in [-0.25, -0.2) is 0 Å². The van der Waals surface area contributed by atoms with E-state index in [4.69, 9.17) is 0 Å². The molecule has 0 nitrogen and oxygen atoms in total. The van der Waals surface area contributed by atoms with E-state index in [1.165, 1.54) is 5.56 Å². The fourth-order valence-corrected chi connectivity index (χ4v) is 6.93. The summed E-state index contributed by atoms with van der Waals surface area (Å²) in [5, 5.41) is 3.16. The molecule has 1 aromatic rings. The third-order valence-electron chi connectivity index (χ3n) is 2.32. The molecule has 2 heteroatoms. The van der Waals surface area contributed by atoms with Crippen molar-refractivity contribution in [2.45, 2.75) is 20.8 Å². The molecular weight excluding hydrogens is 255 g/mol. The van der Waals surface area contributed by atoms with Crippen LogP contribution in [0.2, 0.25) is 0 Å². The van der Waals surface area contributed by atoms with Gasteiger partial charge in [-0.05, 0) is 16.3 Å². The van der Waals surface area contributed by atoms with E-state index in [9.17, 15) is 0 Å². The van der Waals surface area contributed by atoms with Crippen molar-refractivity contribution in [1.29, 1.82) is 0 Å². The molecule has 0 amide bonds. The predicted octanol–water partition coefficient (Wildman–Crippen LogP) is 5.21. The van der Waals surface area contributed by atoms with Crippen molar-refractivity contribution in [2.24, 2.45) is 5.41 Å². The second kappa shape index (κ2) is 3.47. The van der Waals surface area contributed by atoms with Gasteiger partial charge in [-0.2, -0.15) is 0 Å². The lowest BCUT2D eigenvalue weighted by molar-refractivity contribution is 0.540.